The quantitative estimate of drug-likeness (QED) is 0.629. The molecule has 0 N–H and O–H groups in total. The van der Waals surface area contributed by atoms with Crippen molar-refractivity contribution in [3.63, 3.8) is 0 Å². The average molecular weight is 316 g/mol. The average Bonchev–Trinajstić information content (AvgIpc) is 2.74. The highest BCUT2D eigenvalue weighted by molar-refractivity contribution is 8.26. The maximum atomic E-state index is 12.0. The van der Waals surface area contributed by atoms with E-state index < -0.39 is 0 Å². The number of hydrogen-bond acceptors (Lipinski definition) is 5. The summed E-state index contributed by atoms with van der Waals surface area (Å²) < 4.78 is 5.88. The number of likely N-dealkylation sites (N-methyl/N-ethyl adjacent to an activating group) is 1. The normalized spacial score (nSPS) is 17.0. The lowest BCUT2D eigenvalue weighted by molar-refractivity contribution is -0.121. The second kappa shape index (κ2) is 5.46. The molecule has 1 aromatic carbocycles. The third-order valence-corrected chi connectivity index (χ3v) is 4.67. The van der Waals surface area contributed by atoms with Crippen molar-refractivity contribution in [1.82, 2.24) is 9.88 Å². The first-order chi connectivity index (χ1) is 10.1. The van der Waals surface area contributed by atoms with Gasteiger partial charge in [-0.2, -0.15) is 0 Å². The van der Waals surface area contributed by atoms with Crippen LogP contribution in [0.4, 0.5) is 0 Å². The predicted molar refractivity (Wildman–Crippen MR) is 89.2 cm³/mol. The van der Waals surface area contributed by atoms with Gasteiger partial charge in [-0.15, -0.1) is 0 Å². The number of carbonyl (C=O) groups excluding carboxylic acids is 1. The highest BCUT2D eigenvalue weighted by Crippen LogP contribution is 2.31. The maximum Gasteiger partial charge on any atom is 0.265 e. The van der Waals surface area contributed by atoms with Gasteiger partial charge < -0.3 is 4.74 Å². The van der Waals surface area contributed by atoms with E-state index in [-0.39, 0.29) is 5.91 Å². The number of fused-ring (bicyclic) bond motifs is 1. The number of thiocarbonyl (C=S) groups is 1. The van der Waals surface area contributed by atoms with Crippen molar-refractivity contribution in [2.75, 3.05) is 14.2 Å². The molecule has 6 heteroatoms. The summed E-state index contributed by atoms with van der Waals surface area (Å²) in [6.45, 7) is 0. The largest absolute Gasteiger partial charge is 0.494 e. The Bertz CT molecular complexity index is 786. The lowest BCUT2D eigenvalue weighted by Crippen LogP contribution is -2.22. The summed E-state index contributed by atoms with van der Waals surface area (Å²) >= 11 is 6.41. The van der Waals surface area contributed by atoms with Crippen LogP contribution in [0.1, 0.15) is 5.69 Å². The summed E-state index contributed by atoms with van der Waals surface area (Å²) in [5, 5.41) is 0.995. The molecule has 1 amide bonds. The van der Waals surface area contributed by atoms with E-state index in [0.717, 1.165) is 10.9 Å². The zero-order valence-corrected chi connectivity index (χ0v) is 13.1. The molecule has 3 rings (SSSR count). The standard InChI is InChI=1S/C15H12N2O2S2/c1-17-14(18)12(21-15(17)20)8-10-7-6-9-4-3-5-11(19-2)13(9)16-10/h3-8H,1-2H3/b12-8+. The minimum atomic E-state index is -0.0908. The zero-order chi connectivity index (χ0) is 15.0. The maximum absolute atomic E-state index is 12.0. The molecule has 1 fully saturated rings. The van der Waals surface area contributed by atoms with Crippen LogP contribution in [-0.4, -0.2) is 34.3 Å². The second-order valence-electron chi connectivity index (χ2n) is 4.51. The minimum Gasteiger partial charge on any atom is -0.494 e. The summed E-state index contributed by atoms with van der Waals surface area (Å²) in [5.74, 6) is 0.623. The van der Waals surface area contributed by atoms with Gasteiger partial charge in [-0.05, 0) is 18.2 Å². The van der Waals surface area contributed by atoms with E-state index in [4.69, 9.17) is 17.0 Å². The Morgan fingerprint density at radius 2 is 2.14 bits per heavy atom. The number of para-hydroxylation sites is 1. The number of carbonyl (C=O) groups is 1. The Kier molecular flexibility index (Phi) is 3.65. The molecule has 0 radical (unpaired) electrons. The molecule has 21 heavy (non-hydrogen) atoms. The van der Waals surface area contributed by atoms with Crippen molar-refractivity contribution in [3.05, 3.63) is 40.9 Å². The number of methoxy groups -OCH3 is 1. The van der Waals surface area contributed by atoms with Crippen molar-refractivity contribution < 1.29 is 9.53 Å². The van der Waals surface area contributed by atoms with E-state index in [1.54, 1.807) is 20.2 Å². The fraction of sp³-hybridized carbons (Fsp3) is 0.133. The van der Waals surface area contributed by atoms with Crippen LogP contribution in [0.25, 0.3) is 17.0 Å². The topological polar surface area (TPSA) is 42.4 Å². The van der Waals surface area contributed by atoms with Crippen molar-refractivity contribution in [1.29, 1.82) is 0 Å². The molecule has 2 heterocycles. The number of rotatable bonds is 2. The van der Waals surface area contributed by atoms with Crippen LogP contribution >= 0.6 is 24.0 Å². The molecule has 2 aromatic rings. The van der Waals surface area contributed by atoms with Gasteiger partial charge in [-0.3, -0.25) is 9.69 Å². The third-order valence-electron chi connectivity index (χ3n) is 3.19. The van der Waals surface area contributed by atoms with Gasteiger partial charge in [-0.25, -0.2) is 4.98 Å². The minimum absolute atomic E-state index is 0.0908. The number of nitrogens with zero attached hydrogens (tertiary/aromatic N) is 2. The van der Waals surface area contributed by atoms with Crippen LogP contribution in [0.2, 0.25) is 0 Å². The highest BCUT2D eigenvalue weighted by Gasteiger charge is 2.28. The van der Waals surface area contributed by atoms with E-state index in [1.165, 1.54) is 16.7 Å². The molecule has 1 aliphatic heterocycles. The van der Waals surface area contributed by atoms with Crippen LogP contribution in [-0.2, 0) is 4.79 Å². The summed E-state index contributed by atoms with van der Waals surface area (Å²) in [7, 11) is 3.29. The Labute approximate surface area is 131 Å². The van der Waals surface area contributed by atoms with E-state index in [2.05, 4.69) is 4.98 Å². The summed E-state index contributed by atoms with van der Waals surface area (Å²) in [6.07, 6.45) is 1.76. The van der Waals surface area contributed by atoms with Crippen LogP contribution in [0.3, 0.4) is 0 Å². The van der Waals surface area contributed by atoms with Crippen LogP contribution < -0.4 is 4.74 Å². The fourth-order valence-corrected chi connectivity index (χ4v) is 3.22. The molecule has 0 atom stereocenters. The summed E-state index contributed by atoms with van der Waals surface area (Å²) in [6, 6.07) is 9.60. The first-order valence-corrected chi connectivity index (χ1v) is 7.48. The number of pyridine rings is 1. The van der Waals surface area contributed by atoms with Gasteiger partial charge in [0.25, 0.3) is 5.91 Å². The molecule has 0 saturated carbocycles. The van der Waals surface area contributed by atoms with Gasteiger partial charge >= 0.3 is 0 Å². The number of hydrogen-bond donors (Lipinski definition) is 0. The molecule has 0 aliphatic carbocycles. The molecular formula is C15H12N2O2S2. The molecule has 4 nitrogen and oxygen atoms in total. The van der Waals surface area contributed by atoms with Crippen molar-refractivity contribution in [2.24, 2.45) is 0 Å². The lowest BCUT2D eigenvalue weighted by atomic mass is 10.2. The fourth-order valence-electron chi connectivity index (χ4n) is 2.06. The summed E-state index contributed by atoms with van der Waals surface area (Å²) in [4.78, 5) is 18.6. The van der Waals surface area contributed by atoms with Crippen LogP contribution in [0.15, 0.2) is 35.2 Å². The number of aromatic nitrogens is 1. The van der Waals surface area contributed by atoms with Crippen molar-refractivity contribution in [2.45, 2.75) is 0 Å². The predicted octanol–water partition coefficient (Wildman–Crippen LogP) is 3.07. The van der Waals surface area contributed by atoms with Crippen molar-refractivity contribution in [3.8, 4) is 5.75 Å². The first kappa shape index (κ1) is 14.0. The van der Waals surface area contributed by atoms with Gasteiger partial charge in [0.2, 0.25) is 0 Å². The van der Waals surface area contributed by atoms with E-state index >= 15 is 0 Å². The lowest BCUT2D eigenvalue weighted by Gasteiger charge is -2.05. The Balaban J connectivity index is 2.06. The molecule has 0 bridgehead atoms. The molecular weight excluding hydrogens is 304 g/mol. The Morgan fingerprint density at radius 3 is 2.81 bits per heavy atom. The first-order valence-electron chi connectivity index (χ1n) is 6.25. The number of ether oxygens (including phenoxy) is 1. The molecule has 1 saturated heterocycles. The smallest absolute Gasteiger partial charge is 0.265 e. The molecule has 1 aliphatic rings. The zero-order valence-electron chi connectivity index (χ0n) is 11.5. The number of amides is 1. The molecule has 0 unspecified atom stereocenters. The highest BCUT2D eigenvalue weighted by atomic mass is 32.2. The Morgan fingerprint density at radius 1 is 1.33 bits per heavy atom. The molecule has 0 spiro atoms. The second-order valence-corrected chi connectivity index (χ2v) is 6.18. The van der Waals surface area contributed by atoms with Crippen molar-refractivity contribution >= 4 is 51.2 Å². The van der Waals surface area contributed by atoms with Crippen LogP contribution in [0, 0.1) is 0 Å². The van der Waals surface area contributed by atoms with E-state index in [0.29, 0.717) is 20.7 Å². The van der Waals surface area contributed by atoms with E-state index in [1.807, 2.05) is 30.3 Å². The molecule has 106 valence electrons. The Hall–Kier alpha value is -1.92. The number of thioether (sulfide) groups is 1. The number of benzene rings is 1. The molecule has 1 aromatic heterocycles. The van der Waals surface area contributed by atoms with Gasteiger partial charge in [0.15, 0.2) is 0 Å². The van der Waals surface area contributed by atoms with Gasteiger partial charge in [-0.1, -0.05) is 42.2 Å². The monoisotopic (exact) mass is 316 g/mol. The van der Waals surface area contributed by atoms with Gasteiger partial charge in [0.05, 0.1) is 17.7 Å². The summed E-state index contributed by atoms with van der Waals surface area (Å²) in [5.41, 5.74) is 1.49. The van der Waals surface area contributed by atoms with Gasteiger partial charge in [0, 0.05) is 12.4 Å². The van der Waals surface area contributed by atoms with E-state index in [9.17, 15) is 4.79 Å². The third kappa shape index (κ3) is 2.52. The van der Waals surface area contributed by atoms with Crippen LogP contribution in [0.5, 0.6) is 5.75 Å². The SMILES string of the molecule is COc1cccc2ccc(/C=C3/SC(=S)N(C)C3=O)nc12. The van der Waals surface area contributed by atoms with Gasteiger partial charge in [0.1, 0.15) is 15.6 Å².